The first-order valence-electron chi connectivity index (χ1n) is 11.9. The second kappa shape index (κ2) is 6.01. The fraction of sp³-hybridized carbons (Fsp3) is 0.720. The molecule has 1 N–H and O–H groups in total. The number of methoxy groups -OCH3 is 1. The van der Waals surface area contributed by atoms with E-state index in [2.05, 4.69) is 28.4 Å². The maximum absolute atomic E-state index is 12.5. The van der Waals surface area contributed by atoms with Gasteiger partial charge < -0.3 is 14.8 Å². The van der Waals surface area contributed by atoms with Crippen LogP contribution in [0, 0.1) is 17.3 Å². The van der Waals surface area contributed by atoms with E-state index in [9.17, 15) is 4.79 Å². The molecule has 2 aliphatic heterocycles. The third-order valence-electron chi connectivity index (χ3n) is 9.01. The highest BCUT2D eigenvalue weighted by Gasteiger charge is 2.72. The van der Waals surface area contributed by atoms with Crippen molar-refractivity contribution in [1.82, 2.24) is 10.2 Å². The Morgan fingerprint density at radius 2 is 2.17 bits per heavy atom. The van der Waals surface area contributed by atoms with E-state index >= 15 is 0 Å². The van der Waals surface area contributed by atoms with Crippen molar-refractivity contribution in [1.29, 1.82) is 0 Å². The summed E-state index contributed by atoms with van der Waals surface area (Å²) in [5.74, 6) is 2.34. The number of rotatable bonds is 5. The van der Waals surface area contributed by atoms with Crippen LogP contribution >= 0.6 is 0 Å². The Morgan fingerprint density at radius 3 is 2.93 bits per heavy atom. The molecule has 5 nitrogen and oxygen atoms in total. The van der Waals surface area contributed by atoms with Gasteiger partial charge in [0.05, 0.1) is 25.9 Å². The molecule has 2 heterocycles. The fourth-order valence-electron chi connectivity index (χ4n) is 7.56. The first-order valence-corrected chi connectivity index (χ1v) is 11.9. The molecule has 160 valence electrons. The number of benzene rings is 1. The molecule has 2 saturated heterocycles. The molecular formula is C25H32N2O3. The Kier molecular flexibility index (Phi) is 3.61. The number of fused-ring (bicyclic) bond motifs is 2. The Hall–Kier alpha value is -1.59. The molecule has 5 fully saturated rings. The van der Waals surface area contributed by atoms with Gasteiger partial charge in [-0.1, -0.05) is 6.07 Å². The summed E-state index contributed by atoms with van der Waals surface area (Å²) < 4.78 is 12.3. The summed E-state index contributed by atoms with van der Waals surface area (Å²) >= 11 is 0. The van der Waals surface area contributed by atoms with Crippen LogP contribution in [0.1, 0.15) is 49.7 Å². The Balaban J connectivity index is 1.26. The third kappa shape index (κ3) is 2.45. The molecule has 7 rings (SSSR count). The van der Waals surface area contributed by atoms with Crippen molar-refractivity contribution in [3.63, 3.8) is 0 Å². The fourth-order valence-corrected chi connectivity index (χ4v) is 7.56. The van der Waals surface area contributed by atoms with Crippen LogP contribution in [0.15, 0.2) is 18.2 Å². The van der Waals surface area contributed by atoms with Crippen molar-refractivity contribution in [3.8, 4) is 5.75 Å². The molecule has 30 heavy (non-hydrogen) atoms. The van der Waals surface area contributed by atoms with Crippen molar-refractivity contribution in [3.05, 3.63) is 29.3 Å². The molecule has 4 aliphatic carbocycles. The molecule has 3 unspecified atom stereocenters. The molecule has 1 aromatic rings. The van der Waals surface area contributed by atoms with Crippen LogP contribution in [-0.2, 0) is 21.4 Å². The maximum atomic E-state index is 12.5. The number of ether oxygens (including phenoxy) is 2. The average molecular weight is 409 g/mol. The van der Waals surface area contributed by atoms with E-state index in [4.69, 9.17) is 9.47 Å². The topological polar surface area (TPSA) is 50.8 Å². The van der Waals surface area contributed by atoms with Gasteiger partial charge in [0.15, 0.2) is 0 Å². The summed E-state index contributed by atoms with van der Waals surface area (Å²) in [6.45, 7) is 3.14. The van der Waals surface area contributed by atoms with Gasteiger partial charge >= 0.3 is 0 Å². The third-order valence-corrected chi connectivity index (χ3v) is 9.01. The summed E-state index contributed by atoms with van der Waals surface area (Å²) in [6, 6.07) is 7.36. The summed E-state index contributed by atoms with van der Waals surface area (Å²) in [6.07, 6.45) is 8.52. The van der Waals surface area contributed by atoms with E-state index in [1.165, 1.54) is 49.9 Å². The van der Waals surface area contributed by atoms with Crippen LogP contribution < -0.4 is 10.1 Å². The van der Waals surface area contributed by atoms with E-state index in [-0.39, 0.29) is 29.4 Å². The van der Waals surface area contributed by atoms with E-state index in [0.29, 0.717) is 18.1 Å². The number of hydrogen-bond donors (Lipinski definition) is 1. The molecule has 5 heteroatoms. The molecule has 2 bridgehead atoms. The largest absolute Gasteiger partial charge is 0.497 e. The summed E-state index contributed by atoms with van der Waals surface area (Å²) in [5.41, 5.74) is 3.28. The van der Waals surface area contributed by atoms with Crippen LogP contribution in [0.25, 0.3) is 0 Å². The lowest BCUT2D eigenvalue weighted by molar-refractivity contribution is -0.135. The standard InChI is InChI=1S/C25H32N2O3/c1-29-19-7-6-17-9-24-13-25(20(17)8-19)10-18(26-23(28)16-4-5-16)12-30-22(25)21(24)27(14-24)11-15-2-3-15/h6-8,15-16,18,21-22H,2-5,9-14H2,1H3,(H,26,28)/t18?,21-,22?,24?,25-/m0/s1. The zero-order valence-electron chi connectivity index (χ0n) is 17.9. The van der Waals surface area contributed by atoms with Gasteiger partial charge in [-0.2, -0.15) is 0 Å². The minimum Gasteiger partial charge on any atom is -0.497 e. The molecule has 0 aromatic heterocycles. The quantitative estimate of drug-likeness (QED) is 0.814. The van der Waals surface area contributed by atoms with Crippen LogP contribution in [0.5, 0.6) is 5.75 Å². The molecule has 0 radical (unpaired) electrons. The van der Waals surface area contributed by atoms with Gasteiger partial charge in [0, 0.05) is 35.9 Å². The van der Waals surface area contributed by atoms with Gasteiger partial charge in [-0.25, -0.2) is 0 Å². The first kappa shape index (κ1) is 18.0. The second-order valence-electron chi connectivity index (χ2n) is 11.2. The lowest BCUT2D eigenvalue weighted by Gasteiger charge is -2.56. The number of carbonyl (C=O) groups excluding carboxylic acids is 1. The van der Waals surface area contributed by atoms with E-state index in [0.717, 1.165) is 30.9 Å². The van der Waals surface area contributed by atoms with E-state index < -0.39 is 0 Å². The summed E-state index contributed by atoms with van der Waals surface area (Å²) in [5, 5.41) is 3.34. The van der Waals surface area contributed by atoms with Gasteiger partial charge in [0.2, 0.25) is 5.91 Å². The second-order valence-corrected chi connectivity index (χ2v) is 11.2. The van der Waals surface area contributed by atoms with Crippen LogP contribution in [0.2, 0.25) is 0 Å². The van der Waals surface area contributed by atoms with Gasteiger partial charge in [-0.05, 0) is 74.1 Å². The van der Waals surface area contributed by atoms with E-state index in [1.807, 2.05) is 0 Å². The highest BCUT2D eigenvalue weighted by Crippen LogP contribution is 2.67. The molecule has 6 aliphatic rings. The predicted octanol–water partition coefficient (Wildman–Crippen LogP) is 2.66. The first-order chi connectivity index (χ1) is 14.6. The van der Waals surface area contributed by atoms with Crippen LogP contribution in [0.3, 0.4) is 0 Å². The molecule has 1 aromatic carbocycles. The van der Waals surface area contributed by atoms with E-state index in [1.54, 1.807) is 7.11 Å². The Labute approximate surface area is 178 Å². The van der Waals surface area contributed by atoms with Crippen LogP contribution in [0.4, 0.5) is 0 Å². The predicted molar refractivity (Wildman–Crippen MR) is 113 cm³/mol. The number of nitrogens with zero attached hydrogens (tertiary/aromatic N) is 1. The number of hydrogen-bond acceptors (Lipinski definition) is 4. The maximum Gasteiger partial charge on any atom is 0.223 e. The van der Waals surface area contributed by atoms with Crippen molar-refractivity contribution < 1.29 is 14.3 Å². The summed E-state index contributed by atoms with van der Waals surface area (Å²) in [4.78, 5) is 15.3. The van der Waals surface area contributed by atoms with Gasteiger partial charge in [-0.15, -0.1) is 0 Å². The van der Waals surface area contributed by atoms with Gasteiger partial charge in [-0.3, -0.25) is 9.69 Å². The number of likely N-dealkylation sites (tertiary alicyclic amines) is 1. The molecule has 2 spiro atoms. The Morgan fingerprint density at radius 1 is 1.30 bits per heavy atom. The average Bonchev–Trinajstić information content (AvgIpc) is 3.63. The van der Waals surface area contributed by atoms with Gasteiger partial charge in [0.1, 0.15) is 5.75 Å². The van der Waals surface area contributed by atoms with Crippen molar-refractivity contribution in [2.24, 2.45) is 17.3 Å². The lowest BCUT2D eigenvalue weighted by Crippen LogP contribution is -2.67. The normalized spacial score (nSPS) is 41.3. The zero-order valence-corrected chi connectivity index (χ0v) is 17.9. The molecule has 1 amide bonds. The SMILES string of the molecule is COc1ccc2c(c1)[C@@]13CC(NC(=O)C4CC4)COC1[C@@H]1N(CC4CC4)CC1(C2)C3. The molecule has 5 atom stereocenters. The number of nitrogens with one attached hydrogen (secondary N) is 1. The molecule has 3 saturated carbocycles. The number of amides is 1. The molecular weight excluding hydrogens is 376 g/mol. The minimum atomic E-state index is 0.00480. The van der Waals surface area contributed by atoms with Crippen molar-refractivity contribution in [2.45, 2.75) is 68.5 Å². The number of carbonyl (C=O) groups is 1. The highest BCUT2D eigenvalue weighted by atomic mass is 16.5. The van der Waals surface area contributed by atoms with Crippen molar-refractivity contribution >= 4 is 5.91 Å². The lowest BCUT2D eigenvalue weighted by atomic mass is 9.61. The van der Waals surface area contributed by atoms with Crippen molar-refractivity contribution in [2.75, 3.05) is 26.8 Å². The Bertz CT molecular complexity index is 910. The van der Waals surface area contributed by atoms with Crippen LogP contribution in [-0.4, -0.2) is 55.8 Å². The highest BCUT2D eigenvalue weighted by molar-refractivity contribution is 5.81. The summed E-state index contributed by atoms with van der Waals surface area (Å²) in [7, 11) is 1.76. The minimum absolute atomic E-state index is 0.00480. The van der Waals surface area contributed by atoms with Gasteiger partial charge in [0.25, 0.3) is 0 Å². The zero-order chi connectivity index (χ0) is 20.1. The monoisotopic (exact) mass is 408 g/mol. The smallest absolute Gasteiger partial charge is 0.223 e.